The van der Waals surface area contributed by atoms with Crippen LogP contribution in [0.5, 0.6) is 0 Å². The van der Waals surface area contributed by atoms with Gasteiger partial charge in [0.25, 0.3) is 0 Å². The molecule has 0 radical (unpaired) electrons. The monoisotopic (exact) mass is 214 g/mol. The van der Waals surface area contributed by atoms with E-state index in [1.54, 1.807) is 13.8 Å². The molecule has 0 spiro atoms. The number of nitrogens with one attached hydrogen (secondary N) is 2. The van der Waals surface area contributed by atoms with Gasteiger partial charge in [-0.05, 0) is 26.2 Å². The summed E-state index contributed by atoms with van der Waals surface area (Å²) < 4.78 is 0. The third-order valence-electron chi connectivity index (χ3n) is 2.47. The Balaban J connectivity index is 2.34. The predicted octanol–water partition coefficient (Wildman–Crippen LogP) is 0.106. The lowest BCUT2D eigenvalue weighted by Gasteiger charge is -2.18. The summed E-state index contributed by atoms with van der Waals surface area (Å²) >= 11 is 0. The van der Waals surface area contributed by atoms with Crippen molar-refractivity contribution in [1.82, 2.24) is 10.6 Å². The first-order valence-electron chi connectivity index (χ1n) is 5.33. The Morgan fingerprint density at radius 1 is 1.47 bits per heavy atom. The second-order valence-electron chi connectivity index (χ2n) is 3.97. The van der Waals surface area contributed by atoms with Crippen molar-refractivity contribution in [2.75, 3.05) is 0 Å². The topological polar surface area (TPSA) is 78.4 Å². The maximum absolute atomic E-state index is 11.5. The molecule has 0 aromatic carbocycles. The highest BCUT2D eigenvalue weighted by Crippen LogP contribution is 2.18. The molecule has 0 bridgehead atoms. The number of aliphatic carboxylic acids is 1. The van der Waals surface area contributed by atoms with E-state index in [9.17, 15) is 9.59 Å². The highest BCUT2D eigenvalue weighted by molar-refractivity contribution is 5.83. The third-order valence-corrected chi connectivity index (χ3v) is 2.47. The average molecular weight is 214 g/mol. The predicted molar refractivity (Wildman–Crippen MR) is 55.5 cm³/mol. The van der Waals surface area contributed by atoms with Gasteiger partial charge in [0.2, 0.25) is 5.91 Å². The molecule has 15 heavy (non-hydrogen) atoms. The molecule has 1 rings (SSSR count). The molecule has 0 saturated heterocycles. The van der Waals surface area contributed by atoms with Crippen LogP contribution in [0.25, 0.3) is 0 Å². The molecular weight excluding hydrogens is 196 g/mol. The molecule has 1 fully saturated rings. The van der Waals surface area contributed by atoms with Crippen molar-refractivity contribution in [1.29, 1.82) is 0 Å². The van der Waals surface area contributed by atoms with Gasteiger partial charge >= 0.3 is 5.97 Å². The fraction of sp³-hybridized carbons (Fsp3) is 0.800. The van der Waals surface area contributed by atoms with Crippen LogP contribution >= 0.6 is 0 Å². The second-order valence-corrected chi connectivity index (χ2v) is 3.97. The zero-order valence-corrected chi connectivity index (χ0v) is 9.12. The summed E-state index contributed by atoms with van der Waals surface area (Å²) in [6.45, 7) is 3.46. The smallest absolute Gasteiger partial charge is 0.320 e. The molecule has 0 aromatic rings. The number of carboxylic acids is 1. The van der Waals surface area contributed by atoms with Gasteiger partial charge in [-0.25, -0.2) is 0 Å². The SMILES string of the molecule is CCC(NC(C)C(=O)NC1CC1)C(=O)O. The lowest BCUT2D eigenvalue weighted by Crippen LogP contribution is -2.49. The van der Waals surface area contributed by atoms with Crippen LogP contribution in [-0.4, -0.2) is 35.1 Å². The summed E-state index contributed by atoms with van der Waals surface area (Å²) in [5, 5.41) is 14.4. The first kappa shape index (κ1) is 12.0. The number of hydrogen-bond donors (Lipinski definition) is 3. The standard InChI is InChI=1S/C10H18N2O3/c1-3-8(10(14)15)11-6(2)9(13)12-7-4-5-7/h6-8,11H,3-5H2,1-2H3,(H,12,13)(H,14,15). The molecule has 2 unspecified atom stereocenters. The molecule has 1 amide bonds. The van der Waals surface area contributed by atoms with Gasteiger partial charge < -0.3 is 10.4 Å². The summed E-state index contributed by atoms with van der Waals surface area (Å²) in [5.74, 6) is -1.03. The van der Waals surface area contributed by atoms with E-state index in [0.29, 0.717) is 12.5 Å². The Labute approximate surface area is 89.2 Å². The molecule has 0 aliphatic heterocycles. The molecule has 1 saturated carbocycles. The highest BCUT2D eigenvalue weighted by Gasteiger charge is 2.27. The largest absolute Gasteiger partial charge is 0.480 e. The van der Waals surface area contributed by atoms with Crippen LogP contribution in [0.1, 0.15) is 33.1 Å². The zero-order valence-electron chi connectivity index (χ0n) is 9.12. The Morgan fingerprint density at radius 2 is 2.07 bits per heavy atom. The van der Waals surface area contributed by atoms with E-state index in [1.165, 1.54) is 0 Å². The molecule has 1 aliphatic rings. The van der Waals surface area contributed by atoms with Crippen molar-refractivity contribution in [3.8, 4) is 0 Å². The van der Waals surface area contributed by atoms with Gasteiger partial charge in [0.05, 0.1) is 6.04 Å². The van der Waals surface area contributed by atoms with E-state index >= 15 is 0 Å². The number of rotatable bonds is 6. The second kappa shape index (κ2) is 5.11. The van der Waals surface area contributed by atoms with Crippen LogP contribution in [0.2, 0.25) is 0 Å². The number of carboxylic acid groups (broad SMARTS) is 1. The summed E-state index contributed by atoms with van der Waals surface area (Å²) in [6, 6.07) is -0.789. The van der Waals surface area contributed by atoms with Crippen LogP contribution in [0.3, 0.4) is 0 Å². The van der Waals surface area contributed by atoms with Crippen molar-refractivity contribution in [2.24, 2.45) is 0 Å². The minimum absolute atomic E-state index is 0.114. The van der Waals surface area contributed by atoms with Crippen molar-refractivity contribution in [3.63, 3.8) is 0 Å². The Morgan fingerprint density at radius 3 is 2.47 bits per heavy atom. The lowest BCUT2D eigenvalue weighted by molar-refractivity contribution is -0.140. The summed E-state index contributed by atoms with van der Waals surface area (Å²) in [6.07, 6.45) is 2.54. The molecule has 5 heteroatoms. The number of amides is 1. The molecule has 0 heterocycles. The molecule has 3 N–H and O–H groups in total. The quantitative estimate of drug-likeness (QED) is 0.586. The Kier molecular flexibility index (Phi) is 4.08. The fourth-order valence-corrected chi connectivity index (χ4v) is 1.30. The van der Waals surface area contributed by atoms with Crippen LogP contribution in [0.4, 0.5) is 0 Å². The number of hydrogen-bond acceptors (Lipinski definition) is 3. The summed E-state index contributed by atoms with van der Waals surface area (Å²) in [5.41, 5.74) is 0. The maximum atomic E-state index is 11.5. The van der Waals surface area contributed by atoms with E-state index in [1.807, 2.05) is 0 Å². The Hall–Kier alpha value is -1.10. The van der Waals surface area contributed by atoms with E-state index < -0.39 is 18.1 Å². The summed E-state index contributed by atoms with van der Waals surface area (Å²) in [7, 11) is 0. The highest BCUT2D eigenvalue weighted by atomic mass is 16.4. The minimum atomic E-state index is -0.913. The number of carbonyl (C=O) groups is 2. The van der Waals surface area contributed by atoms with Crippen LogP contribution in [-0.2, 0) is 9.59 Å². The zero-order chi connectivity index (χ0) is 11.4. The fourth-order valence-electron chi connectivity index (χ4n) is 1.30. The molecule has 5 nitrogen and oxygen atoms in total. The van der Waals surface area contributed by atoms with E-state index in [4.69, 9.17) is 5.11 Å². The first-order valence-corrected chi connectivity index (χ1v) is 5.33. The van der Waals surface area contributed by atoms with Crippen molar-refractivity contribution in [3.05, 3.63) is 0 Å². The van der Waals surface area contributed by atoms with Crippen molar-refractivity contribution < 1.29 is 14.7 Å². The lowest BCUT2D eigenvalue weighted by atomic mass is 10.2. The molecule has 1 aliphatic carbocycles. The maximum Gasteiger partial charge on any atom is 0.320 e. The van der Waals surface area contributed by atoms with Crippen LogP contribution in [0.15, 0.2) is 0 Å². The molecule has 2 atom stereocenters. The van der Waals surface area contributed by atoms with Gasteiger partial charge in [0, 0.05) is 6.04 Å². The molecular formula is C10H18N2O3. The van der Waals surface area contributed by atoms with Crippen molar-refractivity contribution in [2.45, 2.75) is 51.2 Å². The van der Waals surface area contributed by atoms with Gasteiger partial charge in [-0.1, -0.05) is 6.92 Å². The van der Waals surface area contributed by atoms with Crippen molar-refractivity contribution >= 4 is 11.9 Å². The third kappa shape index (κ3) is 3.87. The van der Waals surface area contributed by atoms with Gasteiger partial charge in [0.15, 0.2) is 0 Å². The van der Waals surface area contributed by atoms with Gasteiger partial charge in [0.1, 0.15) is 6.04 Å². The average Bonchev–Trinajstić information content (AvgIpc) is 2.96. The van der Waals surface area contributed by atoms with E-state index in [2.05, 4.69) is 10.6 Å². The van der Waals surface area contributed by atoms with E-state index in [-0.39, 0.29) is 5.91 Å². The van der Waals surface area contributed by atoms with E-state index in [0.717, 1.165) is 12.8 Å². The van der Waals surface area contributed by atoms with Crippen LogP contribution in [0, 0.1) is 0 Å². The molecule has 0 aromatic heterocycles. The minimum Gasteiger partial charge on any atom is -0.480 e. The van der Waals surface area contributed by atoms with Gasteiger partial charge in [-0.3, -0.25) is 14.9 Å². The number of carbonyl (C=O) groups excluding carboxylic acids is 1. The van der Waals surface area contributed by atoms with Gasteiger partial charge in [-0.15, -0.1) is 0 Å². The van der Waals surface area contributed by atoms with Crippen LogP contribution < -0.4 is 10.6 Å². The molecule has 86 valence electrons. The first-order chi connectivity index (χ1) is 7.04. The normalized spacial score (nSPS) is 19.3. The Bertz CT molecular complexity index is 251. The summed E-state index contributed by atoms with van der Waals surface area (Å²) in [4.78, 5) is 22.2. The van der Waals surface area contributed by atoms with Gasteiger partial charge in [-0.2, -0.15) is 0 Å².